The van der Waals surface area contributed by atoms with Gasteiger partial charge in [-0.25, -0.2) is 4.40 Å². The van der Waals surface area contributed by atoms with E-state index in [0.717, 1.165) is 33.1 Å². The molecule has 0 saturated carbocycles. The lowest BCUT2D eigenvalue weighted by atomic mass is 10.1. The zero-order chi connectivity index (χ0) is 14.4. The van der Waals surface area contributed by atoms with Gasteiger partial charge in [0.25, 0.3) is 0 Å². The second-order valence-corrected chi connectivity index (χ2v) is 5.47. The monoisotopic (exact) mass is 297 g/mol. The number of oxazole rings is 1. The van der Waals surface area contributed by atoms with Gasteiger partial charge in [-0.05, 0) is 36.2 Å². The second-order valence-electron chi connectivity index (χ2n) is 5.06. The number of halogens is 1. The van der Waals surface area contributed by atoms with Crippen LogP contribution in [0.3, 0.4) is 0 Å². The normalized spacial score (nSPS) is 11.5. The Hall–Kier alpha value is -2.33. The molecule has 0 amide bonds. The number of aryl methyl sites for hydroxylation is 1. The third-order valence-electron chi connectivity index (χ3n) is 3.59. The molecule has 0 N–H and O–H groups in total. The van der Waals surface area contributed by atoms with Crippen molar-refractivity contribution >= 4 is 28.5 Å². The van der Waals surface area contributed by atoms with Crippen molar-refractivity contribution in [2.45, 2.75) is 13.3 Å². The summed E-state index contributed by atoms with van der Waals surface area (Å²) in [6, 6.07) is 13.9. The highest BCUT2D eigenvalue weighted by Crippen LogP contribution is 2.22. The highest BCUT2D eigenvalue weighted by Gasteiger charge is 2.14. The number of hydrogen-bond donors (Lipinski definition) is 0. The van der Waals surface area contributed by atoms with E-state index in [-0.39, 0.29) is 0 Å². The van der Waals surface area contributed by atoms with Gasteiger partial charge in [-0.2, -0.15) is 0 Å². The molecule has 0 spiro atoms. The molecule has 0 saturated heterocycles. The predicted molar refractivity (Wildman–Crippen MR) is 81.8 cm³/mol. The van der Waals surface area contributed by atoms with Gasteiger partial charge in [0.2, 0.25) is 0 Å². The van der Waals surface area contributed by atoms with E-state index in [1.165, 1.54) is 0 Å². The first kappa shape index (κ1) is 12.4. The van der Waals surface area contributed by atoms with E-state index in [4.69, 9.17) is 16.0 Å². The Morgan fingerprint density at radius 2 is 2.00 bits per heavy atom. The number of nitrogens with zero attached hydrogens (tertiary/aromatic N) is 3. The Morgan fingerprint density at radius 1 is 1.14 bits per heavy atom. The van der Waals surface area contributed by atoms with Gasteiger partial charge in [-0.15, -0.1) is 5.10 Å². The molecule has 5 heteroatoms. The number of fused-ring (bicyclic) bond motifs is 3. The first-order valence-corrected chi connectivity index (χ1v) is 7.07. The standard InChI is InChI=1S/C16H12ClN3O/c1-10-8-11(6-7-12(10)17)9-15-18-19-16-20(15)13-4-2-3-5-14(13)21-16/h2-8H,9H2,1H3. The van der Waals surface area contributed by atoms with Crippen LogP contribution in [0.5, 0.6) is 0 Å². The lowest BCUT2D eigenvalue weighted by Crippen LogP contribution is -1.96. The van der Waals surface area contributed by atoms with Gasteiger partial charge in [0.1, 0.15) is 5.82 Å². The lowest BCUT2D eigenvalue weighted by Gasteiger charge is -2.03. The Labute approximate surface area is 126 Å². The summed E-state index contributed by atoms with van der Waals surface area (Å²) in [5.74, 6) is 1.38. The van der Waals surface area contributed by atoms with Crippen LogP contribution in [-0.4, -0.2) is 14.6 Å². The molecule has 0 fully saturated rings. The van der Waals surface area contributed by atoms with Crippen LogP contribution in [0.2, 0.25) is 5.02 Å². The summed E-state index contributed by atoms with van der Waals surface area (Å²) in [4.78, 5) is 0. The molecule has 2 heterocycles. The first-order chi connectivity index (χ1) is 10.2. The van der Waals surface area contributed by atoms with Crippen molar-refractivity contribution in [3.8, 4) is 0 Å². The smallest absolute Gasteiger partial charge is 0.327 e. The van der Waals surface area contributed by atoms with Gasteiger partial charge in [0, 0.05) is 11.4 Å². The van der Waals surface area contributed by atoms with E-state index in [1.807, 2.05) is 47.7 Å². The maximum absolute atomic E-state index is 6.07. The highest BCUT2D eigenvalue weighted by molar-refractivity contribution is 6.31. The van der Waals surface area contributed by atoms with Crippen molar-refractivity contribution in [1.82, 2.24) is 14.6 Å². The molecule has 4 aromatic rings. The Bertz CT molecular complexity index is 955. The maximum Gasteiger partial charge on any atom is 0.327 e. The van der Waals surface area contributed by atoms with Gasteiger partial charge >= 0.3 is 5.84 Å². The van der Waals surface area contributed by atoms with E-state index >= 15 is 0 Å². The summed E-state index contributed by atoms with van der Waals surface area (Å²) in [5.41, 5.74) is 4.01. The molecule has 2 aromatic heterocycles. The molecular weight excluding hydrogens is 286 g/mol. The minimum Gasteiger partial charge on any atom is -0.422 e. The van der Waals surface area contributed by atoms with Gasteiger partial charge in [-0.3, -0.25) is 0 Å². The van der Waals surface area contributed by atoms with Crippen molar-refractivity contribution in [2.24, 2.45) is 0 Å². The summed E-state index contributed by atoms with van der Waals surface area (Å²) in [5, 5.41) is 9.13. The fraction of sp³-hybridized carbons (Fsp3) is 0.125. The molecule has 0 atom stereocenters. The largest absolute Gasteiger partial charge is 0.422 e. The quantitative estimate of drug-likeness (QED) is 0.561. The van der Waals surface area contributed by atoms with Gasteiger partial charge in [0.15, 0.2) is 5.58 Å². The average molecular weight is 298 g/mol. The number of aromatic nitrogens is 3. The van der Waals surface area contributed by atoms with Gasteiger partial charge in [-0.1, -0.05) is 41.0 Å². The van der Waals surface area contributed by atoms with E-state index in [2.05, 4.69) is 16.3 Å². The van der Waals surface area contributed by atoms with Crippen molar-refractivity contribution in [2.75, 3.05) is 0 Å². The van der Waals surface area contributed by atoms with Crippen LogP contribution in [0, 0.1) is 6.92 Å². The molecule has 0 aliphatic carbocycles. The zero-order valence-electron chi connectivity index (χ0n) is 11.4. The SMILES string of the molecule is Cc1cc(Cc2nnc3oc4ccccc4n23)ccc1Cl. The summed E-state index contributed by atoms with van der Waals surface area (Å²) in [7, 11) is 0. The Morgan fingerprint density at radius 3 is 2.86 bits per heavy atom. The zero-order valence-corrected chi connectivity index (χ0v) is 12.1. The average Bonchev–Trinajstić information content (AvgIpc) is 3.03. The molecule has 21 heavy (non-hydrogen) atoms. The third-order valence-corrected chi connectivity index (χ3v) is 4.02. The Balaban J connectivity index is 1.84. The molecule has 4 nitrogen and oxygen atoms in total. The van der Waals surface area contributed by atoms with E-state index in [1.54, 1.807) is 0 Å². The Kier molecular flexibility index (Phi) is 2.72. The molecule has 0 aliphatic heterocycles. The van der Waals surface area contributed by atoms with Crippen LogP contribution in [-0.2, 0) is 6.42 Å². The number of para-hydroxylation sites is 2. The number of hydrogen-bond acceptors (Lipinski definition) is 3. The molecule has 0 bridgehead atoms. The van der Waals surface area contributed by atoms with Crippen molar-refractivity contribution in [3.05, 3.63) is 64.4 Å². The fourth-order valence-electron chi connectivity index (χ4n) is 2.55. The molecular formula is C16H12ClN3O. The fourth-order valence-corrected chi connectivity index (χ4v) is 2.67. The number of benzene rings is 2. The van der Waals surface area contributed by atoms with E-state index in [0.29, 0.717) is 12.3 Å². The summed E-state index contributed by atoms with van der Waals surface area (Å²) in [6.45, 7) is 2.00. The van der Waals surface area contributed by atoms with Crippen LogP contribution in [0.25, 0.3) is 16.9 Å². The molecule has 0 radical (unpaired) electrons. The van der Waals surface area contributed by atoms with Crippen LogP contribution in [0.1, 0.15) is 17.0 Å². The molecule has 0 unspecified atom stereocenters. The lowest BCUT2D eigenvalue weighted by molar-refractivity contribution is 0.637. The van der Waals surface area contributed by atoms with E-state index in [9.17, 15) is 0 Å². The van der Waals surface area contributed by atoms with Crippen LogP contribution < -0.4 is 0 Å². The molecule has 2 aromatic carbocycles. The maximum atomic E-state index is 6.07. The molecule has 0 aliphatic rings. The van der Waals surface area contributed by atoms with Crippen molar-refractivity contribution in [3.63, 3.8) is 0 Å². The third kappa shape index (κ3) is 1.99. The minimum absolute atomic E-state index is 0.525. The highest BCUT2D eigenvalue weighted by atomic mass is 35.5. The van der Waals surface area contributed by atoms with Crippen LogP contribution in [0.4, 0.5) is 0 Å². The predicted octanol–water partition coefficient (Wildman–Crippen LogP) is 4.03. The first-order valence-electron chi connectivity index (χ1n) is 6.69. The van der Waals surface area contributed by atoms with Gasteiger partial charge < -0.3 is 4.42 Å². The summed E-state index contributed by atoms with van der Waals surface area (Å²) >= 11 is 6.07. The van der Waals surface area contributed by atoms with Crippen molar-refractivity contribution < 1.29 is 4.42 Å². The van der Waals surface area contributed by atoms with Crippen LogP contribution >= 0.6 is 11.6 Å². The molecule has 104 valence electrons. The van der Waals surface area contributed by atoms with Gasteiger partial charge in [0.05, 0.1) is 5.52 Å². The van der Waals surface area contributed by atoms with E-state index < -0.39 is 0 Å². The summed E-state index contributed by atoms with van der Waals surface area (Å²) in [6.07, 6.45) is 0.683. The molecule has 4 rings (SSSR count). The van der Waals surface area contributed by atoms with Crippen molar-refractivity contribution in [1.29, 1.82) is 0 Å². The minimum atomic E-state index is 0.525. The summed E-state index contributed by atoms with van der Waals surface area (Å²) < 4.78 is 7.64. The van der Waals surface area contributed by atoms with Crippen LogP contribution in [0.15, 0.2) is 46.9 Å². The topological polar surface area (TPSA) is 43.3 Å². The number of rotatable bonds is 2. The second kappa shape index (κ2) is 4.60.